The summed E-state index contributed by atoms with van der Waals surface area (Å²) in [6.45, 7) is 3.71. The van der Waals surface area contributed by atoms with Crippen LogP contribution < -0.4 is 0 Å². The summed E-state index contributed by atoms with van der Waals surface area (Å²) < 4.78 is 4.41. The second-order valence-corrected chi connectivity index (χ2v) is 4.72. The summed E-state index contributed by atoms with van der Waals surface area (Å²) in [4.78, 5) is 16.0. The first-order valence-electron chi connectivity index (χ1n) is 4.82. The van der Waals surface area contributed by atoms with E-state index in [4.69, 9.17) is 0 Å². The zero-order valence-electron chi connectivity index (χ0n) is 9.43. The Kier molecular flexibility index (Phi) is 4.40. The van der Waals surface area contributed by atoms with Crippen molar-refractivity contribution >= 4 is 17.3 Å². The molecule has 0 saturated heterocycles. The second-order valence-electron chi connectivity index (χ2n) is 3.49. The van der Waals surface area contributed by atoms with Crippen LogP contribution in [-0.4, -0.2) is 34.4 Å². The standard InChI is InChI=1S/C10H15NO4S/c1-5-6(2)16-10(11-5)9(14)7(12)4-8(13)15-3/h7,9,12,14H,4H2,1-3H3. The minimum absolute atomic E-state index is 0.241. The van der Waals surface area contributed by atoms with E-state index in [1.54, 1.807) is 0 Å². The van der Waals surface area contributed by atoms with Crippen LogP contribution in [0.15, 0.2) is 0 Å². The van der Waals surface area contributed by atoms with Gasteiger partial charge in [0.25, 0.3) is 0 Å². The van der Waals surface area contributed by atoms with Gasteiger partial charge >= 0.3 is 5.97 Å². The average molecular weight is 245 g/mol. The summed E-state index contributed by atoms with van der Waals surface area (Å²) >= 11 is 1.31. The zero-order valence-corrected chi connectivity index (χ0v) is 10.2. The summed E-state index contributed by atoms with van der Waals surface area (Å²) in [5, 5.41) is 19.8. The van der Waals surface area contributed by atoms with Crippen molar-refractivity contribution in [1.29, 1.82) is 0 Å². The molecule has 1 heterocycles. The number of thiazole rings is 1. The van der Waals surface area contributed by atoms with Gasteiger partial charge in [-0.2, -0.15) is 0 Å². The average Bonchev–Trinajstić information content (AvgIpc) is 2.57. The van der Waals surface area contributed by atoms with E-state index in [-0.39, 0.29) is 6.42 Å². The van der Waals surface area contributed by atoms with Crippen molar-refractivity contribution in [2.45, 2.75) is 32.5 Å². The number of methoxy groups -OCH3 is 1. The predicted molar refractivity (Wildman–Crippen MR) is 59.2 cm³/mol. The Labute approximate surface area is 97.7 Å². The lowest BCUT2D eigenvalue weighted by molar-refractivity contribution is -0.144. The summed E-state index contributed by atoms with van der Waals surface area (Å²) in [6, 6.07) is 0. The van der Waals surface area contributed by atoms with Gasteiger partial charge in [-0.3, -0.25) is 4.79 Å². The molecule has 0 spiro atoms. The van der Waals surface area contributed by atoms with Crippen LogP contribution in [0.25, 0.3) is 0 Å². The highest BCUT2D eigenvalue weighted by Gasteiger charge is 2.24. The van der Waals surface area contributed by atoms with Crippen molar-refractivity contribution in [3.8, 4) is 0 Å². The van der Waals surface area contributed by atoms with Gasteiger partial charge in [0.2, 0.25) is 0 Å². The fraction of sp³-hybridized carbons (Fsp3) is 0.600. The molecule has 0 saturated carbocycles. The fourth-order valence-corrected chi connectivity index (χ4v) is 2.12. The lowest BCUT2D eigenvalue weighted by Crippen LogP contribution is -2.22. The summed E-state index contributed by atoms with van der Waals surface area (Å²) in [7, 11) is 1.24. The zero-order chi connectivity index (χ0) is 12.3. The van der Waals surface area contributed by atoms with E-state index in [0.29, 0.717) is 5.01 Å². The third-order valence-electron chi connectivity index (χ3n) is 2.27. The number of aromatic nitrogens is 1. The van der Waals surface area contributed by atoms with Gasteiger partial charge in [0, 0.05) is 4.88 Å². The number of carbonyl (C=O) groups excluding carboxylic acids is 1. The van der Waals surface area contributed by atoms with Gasteiger partial charge in [-0.1, -0.05) is 0 Å². The monoisotopic (exact) mass is 245 g/mol. The lowest BCUT2D eigenvalue weighted by Gasteiger charge is -2.14. The normalized spacial score (nSPS) is 14.6. The van der Waals surface area contributed by atoms with Gasteiger partial charge < -0.3 is 14.9 Å². The Bertz CT molecular complexity index is 357. The Balaban J connectivity index is 2.70. The van der Waals surface area contributed by atoms with Crippen LogP contribution in [0.2, 0.25) is 0 Å². The van der Waals surface area contributed by atoms with Gasteiger partial charge in [-0.05, 0) is 13.8 Å². The van der Waals surface area contributed by atoms with Crippen LogP contribution >= 0.6 is 11.3 Å². The number of rotatable bonds is 4. The molecule has 1 aromatic heterocycles. The molecule has 0 aliphatic heterocycles. The molecule has 0 amide bonds. The Morgan fingerprint density at radius 2 is 2.12 bits per heavy atom. The minimum Gasteiger partial charge on any atom is -0.469 e. The molecule has 0 aromatic carbocycles. The number of ether oxygens (including phenoxy) is 1. The Morgan fingerprint density at radius 1 is 1.50 bits per heavy atom. The fourth-order valence-electron chi connectivity index (χ4n) is 1.15. The largest absolute Gasteiger partial charge is 0.469 e. The summed E-state index contributed by atoms with van der Waals surface area (Å²) in [5.41, 5.74) is 0.823. The Hall–Kier alpha value is -0.980. The molecule has 1 rings (SSSR count). The molecule has 0 bridgehead atoms. The highest BCUT2D eigenvalue weighted by molar-refractivity contribution is 7.11. The molecular formula is C10H15NO4S. The van der Waals surface area contributed by atoms with Gasteiger partial charge in [0.1, 0.15) is 11.1 Å². The quantitative estimate of drug-likeness (QED) is 0.764. The molecule has 2 unspecified atom stereocenters. The number of hydrogen-bond donors (Lipinski definition) is 2. The molecule has 5 nitrogen and oxygen atoms in total. The number of carbonyl (C=O) groups is 1. The topological polar surface area (TPSA) is 79.7 Å². The van der Waals surface area contributed by atoms with E-state index in [0.717, 1.165) is 10.6 Å². The Morgan fingerprint density at radius 3 is 2.56 bits per heavy atom. The SMILES string of the molecule is COC(=O)CC(O)C(O)c1nc(C)c(C)s1. The van der Waals surface area contributed by atoms with E-state index in [9.17, 15) is 15.0 Å². The van der Waals surface area contributed by atoms with Crippen LogP contribution in [0.1, 0.15) is 28.1 Å². The maximum atomic E-state index is 10.9. The van der Waals surface area contributed by atoms with Crippen molar-refractivity contribution in [3.63, 3.8) is 0 Å². The van der Waals surface area contributed by atoms with Gasteiger partial charge in [-0.25, -0.2) is 4.98 Å². The van der Waals surface area contributed by atoms with Gasteiger partial charge in [0.15, 0.2) is 0 Å². The third kappa shape index (κ3) is 3.01. The first-order chi connectivity index (χ1) is 7.45. The molecule has 6 heteroatoms. The van der Waals surface area contributed by atoms with Crippen LogP contribution in [-0.2, 0) is 9.53 Å². The lowest BCUT2D eigenvalue weighted by atomic mass is 10.1. The second kappa shape index (κ2) is 5.38. The molecule has 0 fully saturated rings. The molecule has 90 valence electrons. The first-order valence-corrected chi connectivity index (χ1v) is 5.64. The predicted octanol–water partition coefficient (Wildman–Crippen LogP) is 0.717. The van der Waals surface area contributed by atoms with Gasteiger partial charge in [0.05, 0.1) is 25.3 Å². The van der Waals surface area contributed by atoms with E-state index >= 15 is 0 Å². The molecule has 1 aromatic rings. The maximum absolute atomic E-state index is 10.9. The highest BCUT2D eigenvalue weighted by Crippen LogP contribution is 2.26. The number of hydrogen-bond acceptors (Lipinski definition) is 6. The molecule has 0 radical (unpaired) electrons. The molecular weight excluding hydrogens is 230 g/mol. The van der Waals surface area contributed by atoms with Crippen LogP contribution in [0.4, 0.5) is 0 Å². The number of nitrogens with zero attached hydrogens (tertiary/aromatic N) is 1. The van der Waals surface area contributed by atoms with Crippen LogP contribution in [0, 0.1) is 13.8 Å². The van der Waals surface area contributed by atoms with E-state index in [1.165, 1.54) is 18.4 Å². The number of aliphatic hydroxyl groups is 2. The van der Waals surface area contributed by atoms with Crippen molar-refractivity contribution in [2.24, 2.45) is 0 Å². The first kappa shape index (κ1) is 13.1. The third-order valence-corrected chi connectivity index (χ3v) is 3.41. The molecule has 2 N–H and O–H groups in total. The van der Waals surface area contributed by atoms with Crippen LogP contribution in [0.5, 0.6) is 0 Å². The van der Waals surface area contributed by atoms with Crippen molar-refractivity contribution in [3.05, 3.63) is 15.6 Å². The molecule has 0 aliphatic rings. The molecule has 2 atom stereocenters. The van der Waals surface area contributed by atoms with Crippen LogP contribution in [0.3, 0.4) is 0 Å². The van der Waals surface area contributed by atoms with Crippen molar-refractivity contribution < 1.29 is 19.7 Å². The molecule has 0 aliphatic carbocycles. The number of aliphatic hydroxyl groups excluding tert-OH is 2. The highest BCUT2D eigenvalue weighted by atomic mass is 32.1. The summed E-state index contributed by atoms with van der Waals surface area (Å²) in [5.74, 6) is -0.559. The van der Waals surface area contributed by atoms with Crippen molar-refractivity contribution in [2.75, 3.05) is 7.11 Å². The van der Waals surface area contributed by atoms with E-state index in [2.05, 4.69) is 9.72 Å². The number of aryl methyl sites for hydroxylation is 2. The smallest absolute Gasteiger partial charge is 0.308 e. The molecule has 16 heavy (non-hydrogen) atoms. The maximum Gasteiger partial charge on any atom is 0.308 e. The van der Waals surface area contributed by atoms with E-state index in [1.807, 2.05) is 13.8 Å². The van der Waals surface area contributed by atoms with Gasteiger partial charge in [-0.15, -0.1) is 11.3 Å². The van der Waals surface area contributed by atoms with E-state index < -0.39 is 18.2 Å². The van der Waals surface area contributed by atoms with Crippen molar-refractivity contribution in [1.82, 2.24) is 4.98 Å². The minimum atomic E-state index is -1.18. The number of esters is 1. The summed E-state index contributed by atoms with van der Waals surface area (Å²) in [6.07, 6.45) is -2.57.